The lowest BCUT2D eigenvalue weighted by atomic mass is 9.96. The number of ether oxygens (including phenoxy) is 1. The van der Waals surface area contributed by atoms with Gasteiger partial charge in [-0.05, 0) is 50.2 Å². The number of alkyl halides is 3. The number of carbonyl (C=O) groups is 3. The maximum Gasteiger partial charge on any atom is 0.433 e. The number of rotatable bonds is 11. The van der Waals surface area contributed by atoms with Gasteiger partial charge in [0.05, 0.1) is 17.2 Å². The largest absolute Gasteiger partial charge is 0.433 e. The van der Waals surface area contributed by atoms with Crippen molar-refractivity contribution in [2.45, 2.75) is 25.4 Å². The van der Waals surface area contributed by atoms with Crippen molar-refractivity contribution >= 4 is 40.8 Å². The number of aromatic nitrogens is 6. The number of methoxy groups -OCH3 is 1. The van der Waals surface area contributed by atoms with Gasteiger partial charge in [0.1, 0.15) is 17.2 Å². The fraction of sp³-hybridized carbons (Fsp3) is 0.424. The fourth-order valence-electron chi connectivity index (χ4n) is 6.15. The summed E-state index contributed by atoms with van der Waals surface area (Å²) in [6.07, 6.45) is -0.808. The normalized spacial score (nSPS) is 15.5. The van der Waals surface area contributed by atoms with E-state index in [-0.39, 0.29) is 69.0 Å². The second-order valence-electron chi connectivity index (χ2n) is 12.3. The molecule has 2 aliphatic rings. The van der Waals surface area contributed by atoms with Crippen molar-refractivity contribution in [3.8, 4) is 11.5 Å². The number of hydrogen-bond acceptors (Lipinski definition) is 10. The highest BCUT2D eigenvalue weighted by molar-refractivity contribution is 6.34. The van der Waals surface area contributed by atoms with Crippen molar-refractivity contribution in [3.63, 3.8) is 0 Å². The zero-order valence-corrected chi connectivity index (χ0v) is 28.9. The van der Waals surface area contributed by atoms with Gasteiger partial charge in [-0.15, -0.1) is 0 Å². The van der Waals surface area contributed by atoms with Gasteiger partial charge in [-0.25, -0.2) is 15.0 Å². The average molecular weight is 744 g/mol. The van der Waals surface area contributed by atoms with Gasteiger partial charge in [0.25, 0.3) is 11.8 Å². The van der Waals surface area contributed by atoms with Crippen LogP contribution < -0.4 is 16.0 Å². The molecule has 2 saturated heterocycles. The Balaban J connectivity index is 1.09. The molecule has 0 radical (unpaired) electrons. The van der Waals surface area contributed by atoms with Crippen LogP contribution in [0.2, 0.25) is 5.02 Å². The van der Waals surface area contributed by atoms with Crippen LogP contribution in [0.5, 0.6) is 0 Å². The van der Waals surface area contributed by atoms with Crippen LogP contribution in [0.3, 0.4) is 0 Å². The van der Waals surface area contributed by atoms with Crippen LogP contribution in [-0.2, 0) is 22.1 Å². The molecule has 6 rings (SSSR count). The van der Waals surface area contributed by atoms with E-state index >= 15 is 0 Å². The molecule has 0 spiro atoms. The minimum Gasteiger partial charge on any atom is -0.383 e. The molecule has 0 atom stereocenters. The third-order valence-electron chi connectivity index (χ3n) is 8.87. The van der Waals surface area contributed by atoms with Crippen molar-refractivity contribution in [1.29, 1.82) is 0 Å². The molecule has 5 N–H and O–H groups in total. The molecule has 4 aromatic rings. The molecule has 3 aromatic heterocycles. The summed E-state index contributed by atoms with van der Waals surface area (Å²) >= 11 is 6.48. The maximum atomic E-state index is 14.0. The molecule has 0 aliphatic carbocycles. The number of aromatic amines is 2. The Morgan fingerprint density at radius 3 is 2.52 bits per heavy atom. The molecule has 276 valence electrons. The minimum absolute atomic E-state index is 0.0121. The van der Waals surface area contributed by atoms with Crippen molar-refractivity contribution in [1.82, 2.24) is 45.2 Å². The van der Waals surface area contributed by atoms with Crippen LogP contribution in [0.15, 0.2) is 36.7 Å². The van der Waals surface area contributed by atoms with E-state index in [2.05, 4.69) is 46.1 Å². The number of nitrogens with one attached hydrogen (secondary N) is 5. The lowest BCUT2D eigenvalue weighted by Gasteiger charge is -2.37. The first-order valence-electron chi connectivity index (χ1n) is 16.7. The van der Waals surface area contributed by atoms with Gasteiger partial charge in [-0.1, -0.05) is 11.6 Å². The first kappa shape index (κ1) is 36.7. The summed E-state index contributed by atoms with van der Waals surface area (Å²) in [6.45, 7) is 4.10. The van der Waals surface area contributed by atoms with Crippen LogP contribution in [-0.4, -0.2) is 117 Å². The Bertz CT molecular complexity index is 1900. The monoisotopic (exact) mass is 743 g/mol. The molecule has 3 amide bonds. The fourth-order valence-corrected chi connectivity index (χ4v) is 6.41. The summed E-state index contributed by atoms with van der Waals surface area (Å²) in [6, 6.07) is 6.02. The van der Waals surface area contributed by atoms with E-state index in [9.17, 15) is 27.6 Å². The van der Waals surface area contributed by atoms with Gasteiger partial charge < -0.3 is 35.5 Å². The van der Waals surface area contributed by atoms with Crippen LogP contribution >= 0.6 is 11.6 Å². The quantitative estimate of drug-likeness (QED) is 0.143. The standard InChI is InChI=1S/C33H37ClF3N11O4/c1-52-15-10-39-25-6-9-40-28(44-25)26-23(27(46-45-26)33(35,36)37)16-21-18-41-29(42-21)30(49)43-20-2-3-22(24(34)17-20)32(51)48-13-11-47(12-14-48)31(50)19-4-7-38-8-5-19/h2-3,6,9,17-19,38H,4-5,7-8,10-16H2,1H3,(H,41,42)(H,43,49)(H,45,46)(H,39,40,44). The van der Waals surface area contributed by atoms with E-state index in [1.165, 1.54) is 37.7 Å². The summed E-state index contributed by atoms with van der Waals surface area (Å²) < 4.78 is 47.0. The zero-order chi connectivity index (χ0) is 36.8. The lowest BCUT2D eigenvalue weighted by Crippen LogP contribution is -2.52. The third-order valence-corrected chi connectivity index (χ3v) is 9.18. The highest BCUT2D eigenvalue weighted by Crippen LogP contribution is 2.35. The Labute approximate surface area is 301 Å². The molecular formula is C33H37ClF3N11O4. The highest BCUT2D eigenvalue weighted by Gasteiger charge is 2.38. The van der Waals surface area contributed by atoms with Crippen LogP contribution in [0, 0.1) is 5.92 Å². The molecule has 0 unspecified atom stereocenters. The van der Waals surface area contributed by atoms with Crippen molar-refractivity contribution in [2.24, 2.45) is 5.92 Å². The SMILES string of the molecule is COCCNc1ccnc(-c2n[nH]c(C(F)(F)F)c2Cc2cnc(C(=O)Nc3ccc(C(=O)N4CCN(C(=O)C5CCNCC5)CC4)c(Cl)c3)[nH]2)n1. The molecule has 15 nitrogen and oxygen atoms in total. The summed E-state index contributed by atoms with van der Waals surface area (Å²) in [5.41, 5.74) is -0.714. The van der Waals surface area contributed by atoms with Crippen molar-refractivity contribution < 1.29 is 32.3 Å². The van der Waals surface area contributed by atoms with Crippen molar-refractivity contribution in [2.75, 3.05) is 70.2 Å². The molecular weight excluding hydrogens is 707 g/mol. The van der Waals surface area contributed by atoms with Gasteiger partial charge in [-0.3, -0.25) is 19.5 Å². The van der Waals surface area contributed by atoms with E-state index in [0.29, 0.717) is 45.1 Å². The van der Waals surface area contributed by atoms with Gasteiger partial charge in [0.2, 0.25) is 5.91 Å². The first-order chi connectivity index (χ1) is 25.0. The highest BCUT2D eigenvalue weighted by atomic mass is 35.5. The molecule has 0 saturated carbocycles. The number of imidazole rings is 1. The number of anilines is 2. The summed E-state index contributed by atoms with van der Waals surface area (Å²) in [5, 5.41) is 15.0. The molecule has 0 bridgehead atoms. The van der Waals surface area contributed by atoms with E-state index in [4.69, 9.17) is 16.3 Å². The van der Waals surface area contributed by atoms with E-state index in [0.717, 1.165) is 25.9 Å². The Morgan fingerprint density at radius 1 is 1.06 bits per heavy atom. The smallest absolute Gasteiger partial charge is 0.383 e. The maximum absolute atomic E-state index is 14.0. The third kappa shape index (κ3) is 8.51. The zero-order valence-electron chi connectivity index (χ0n) is 28.1. The number of benzene rings is 1. The predicted molar refractivity (Wildman–Crippen MR) is 184 cm³/mol. The van der Waals surface area contributed by atoms with Gasteiger partial charge in [0.15, 0.2) is 11.6 Å². The van der Waals surface area contributed by atoms with E-state index < -0.39 is 17.8 Å². The van der Waals surface area contributed by atoms with Crippen LogP contribution in [0.25, 0.3) is 11.5 Å². The number of piperidine rings is 1. The number of nitrogens with zero attached hydrogens (tertiary/aromatic N) is 6. The molecule has 2 fully saturated rings. The summed E-state index contributed by atoms with van der Waals surface area (Å²) in [4.78, 5) is 58.0. The van der Waals surface area contributed by atoms with Gasteiger partial charge in [-0.2, -0.15) is 18.3 Å². The molecule has 5 heterocycles. The summed E-state index contributed by atoms with van der Waals surface area (Å²) in [5.74, 6) is -0.649. The Hall–Kier alpha value is -5.07. The number of piperazine rings is 1. The summed E-state index contributed by atoms with van der Waals surface area (Å²) in [7, 11) is 1.54. The first-order valence-corrected chi connectivity index (χ1v) is 17.0. The second-order valence-corrected chi connectivity index (χ2v) is 12.7. The number of H-pyrrole nitrogens is 2. The predicted octanol–water partition coefficient (Wildman–Crippen LogP) is 3.45. The van der Waals surface area contributed by atoms with E-state index in [1.807, 2.05) is 4.90 Å². The Kier molecular flexibility index (Phi) is 11.4. The Morgan fingerprint density at radius 2 is 1.81 bits per heavy atom. The lowest BCUT2D eigenvalue weighted by molar-refractivity contribution is -0.141. The average Bonchev–Trinajstić information content (AvgIpc) is 3.80. The molecule has 19 heteroatoms. The second kappa shape index (κ2) is 16.1. The molecule has 1 aromatic carbocycles. The number of halogens is 4. The van der Waals surface area contributed by atoms with Crippen molar-refractivity contribution in [3.05, 3.63) is 70.0 Å². The van der Waals surface area contributed by atoms with Crippen LogP contribution in [0.4, 0.5) is 24.7 Å². The van der Waals surface area contributed by atoms with Gasteiger partial charge >= 0.3 is 6.18 Å². The number of hydrogen-bond donors (Lipinski definition) is 5. The minimum atomic E-state index is -4.76. The number of carbonyl (C=O) groups excluding carboxylic acids is 3. The van der Waals surface area contributed by atoms with Crippen LogP contribution in [0.1, 0.15) is 50.8 Å². The number of amides is 3. The topological polar surface area (TPSA) is 186 Å². The molecule has 52 heavy (non-hydrogen) atoms. The molecule has 2 aliphatic heterocycles. The van der Waals surface area contributed by atoms with E-state index in [1.54, 1.807) is 11.0 Å². The van der Waals surface area contributed by atoms with Gasteiger partial charge in [0, 0.05) is 81.5 Å².